The molecule has 1 heterocycles. The number of carbonyl (C=O) groups is 1. The van der Waals surface area contributed by atoms with Gasteiger partial charge in [0.05, 0.1) is 28.6 Å². The molecule has 28 heavy (non-hydrogen) atoms. The van der Waals surface area contributed by atoms with Crippen LogP contribution in [0.2, 0.25) is 5.02 Å². The minimum absolute atomic E-state index is 0.241. The van der Waals surface area contributed by atoms with Gasteiger partial charge in [-0.15, -0.1) is 5.10 Å². The lowest BCUT2D eigenvalue weighted by atomic mass is 10.2. The molecule has 0 saturated carbocycles. The average molecular weight is 415 g/mol. The first-order valence-corrected chi connectivity index (χ1v) is 9.37. The van der Waals surface area contributed by atoms with E-state index in [0.717, 1.165) is 11.4 Å². The zero-order chi connectivity index (χ0) is 20.1. The summed E-state index contributed by atoms with van der Waals surface area (Å²) in [6.07, 6.45) is 0. The molecule has 3 rings (SSSR count). The van der Waals surface area contributed by atoms with E-state index in [9.17, 15) is 4.79 Å². The second-order valence-corrected chi connectivity index (χ2v) is 7.34. The maximum absolute atomic E-state index is 12.5. The van der Waals surface area contributed by atoms with Crippen molar-refractivity contribution >= 4 is 35.0 Å². The van der Waals surface area contributed by atoms with Crippen LogP contribution in [0.1, 0.15) is 12.5 Å². The number of thioether (sulfide) groups is 1. The number of carbonyl (C=O) groups excluding carboxylic acids is 1. The maximum atomic E-state index is 12.5. The molecule has 0 unspecified atom stereocenters. The number of tetrazole rings is 1. The van der Waals surface area contributed by atoms with Crippen LogP contribution in [-0.2, 0) is 4.79 Å². The number of halogens is 1. The molecule has 2 aromatic carbocycles. The van der Waals surface area contributed by atoms with Crippen LogP contribution >= 0.6 is 23.4 Å². The predicted octanol–water partition coefficient (Wildman–Crippen LogP) is 3.32. The Labute approximate surface area is 170 Å². The van der Waals surface area contributed by atoms with Crippen LogP contribution < -0.4 is 10.1 Å². The standard InChI is InChI=1S/C18H15ClN6O2S/c1-11(17(26)21-13-4-3-12(10-20)16(19)9-13)28-18-22-23-24-25(18)14-5-7-15(27-2)8-6-14/h3-9,11H,1-2H3,(H,21,26)/t11-/m0/s1. The van der Waals surface area contributed by atoms with E-state index in [1.54, 1.807) is 43.0 Å². The van der Waals surface area contributed by atoms with E-state index >= 15 is 0 Å². The van der Waals surface area contributed by atoms with Gasteiger partial charge in [-0.1, -0.05) is 23.4 Å². The van der Waals surface area contributed by atoms with Crippen molar-refractivity contribution in [2.24, 2.45) is 0 Å². The Kier molecular flexibility index (Phi) is 6.13. The summed E-state index contributed by atoms with van der Waals surface area (Å²) in [5, 5.41) is 23.7. The number of nitrogens with one attached hydrogen (secondary N) is 1. The molecule has 0 fully saturated rings. The van der Waals surface area contributed by atoms with Crippen LogP contribution in [0.4, 0.5) is 5.69 Å². The van der Waals surface area contributed by atoms with Crippen molar-refractivity contribution < 1.29 is 9.53 Å². The van der Waals surface area contributed by atoms with Gasteiger partial charge in [0.15, 0.2) is 0 Å². The van der Waals surface area contributed by atoms with Crippen molar-refractivity contribution in [3.8, 4) is 17.5 Å². The molecule has 0 spiro atoms. The molecule has 0 radical (unpaired) electrons. The van der Waals surface area contributed by atoms with Gasteiger partial charge in [-0.05, 0) is 59.8 Å². The number of amides is 1. The highest BCUT2D eigenvalue weighted by atomic mass is 35.5. The number of hydrogen-bond donors (Lipinski definition) is 1. The first-order chi connectivity index (χ1) is 13.5. The van der Waals surface area contributed by atoms with Gasteiger partial charge in [0, 0.05) is 5.69 Å². The summed E-state index contributed by atoms with van der Waals surface area (Å²) in [6.45, 7) is 1.75. The first kappa shape index (κ1) is 19.7. The van der Waals surface area contributed by atoms with Crippen molar-refractivity contribution in [2.75, 3.05) is 12.4 Å². The fourth-order valence-corrected chi connectivity index (χ4v) is 3.31. The second-order valence-electron chi connectivity index (χ2n) is 5.63. The Morgan fingerprint density at radius 3 is 2.71 bits per heavy atom. The summed E-state index contributed by atoms with van der Waals surface area (Å²) in [6, 6.07) is 13.9. The van der Waals surface area contributed by atoms with E-state index in [1.807, 2.05) is 18.2 Å². The number of benzene rings is 2. The lowest BCUT2D eigenvalue weighted by Gasteiger charge is -2.12. The number of nitrogens with zero attached hydrogens (tertiary/aromatic N) is 5. The number of hydrogen-bond acceptors (Lipinski definition) is 7. The zero-order valence-corrected chi connectivity index (χ0v) is 16.5. The van der Waals surface area contributed by atoms with Crippen molar-refractivity contribution in [2.45, 2.75) is 17.3 Å². The van der Waals surface area contributed by atoms with Crippen LogP contribution in [0, 0.1) is 11.3 Å². The largest absolute Gasteiger partial charge is 0.497 e. The average Bonchev–Trinajstić information content (AvgIpc) is 3.16. The van der Waals surface area contributed by atoms with E-state index in [0.29, 0.717) is 16.4 Å². The Balaban J connectivity index is 1.70. The molecule has 1 amide bonds. The van der Waals surface area contributed by atoms with Crippen molar-refractivity contribution in [1.29, 1.82) is 5.26 Å². The van der Waals surface area contributed by atoms with Crippen LogP contribution in [0.15, 0.2) is 47.6 Å². The summed E-state index contributed by atoms with van der Waals surface area (Å²) < 4.78 is 6.69. The third-order valence-corrected chi connectivity index (χ3v) is 5.11. The lowest BCUT2D eigenvalue weighted by molar-refractivity contribution is -0.115. The van der Waals surface area contributed by atoms with Gasteiger partial charge in [-0.2, -0.15) is 9.94 Å². The third kappa shape index (κ3) is 4.42. The third-order valence-electron chi connectivity index (χ3n) is 3.77. The zero-order valence-electron chi connectivity index (χ0n) is 15.0. The molecule has 1 N–H and O–H groups in total. The quantitative estimate of drug-likeness (QED) is 0.616. The molecular formula is C18H15ClN6O2S. The second kappa shape index (κ2) is 8.73. The summed E-state index contributed by atoms with van der Waals surface area (Å²) in [4.78, 5) is 12.5. The summed E-state index contributed by atoms with van der Waals surface area (Å²) in [5.74, 6) is 0.481. The molecular weight excluding hydrogens is 400 g/mol. The van der Waals surface area contributed by atoms with Gasteiger partial charge in [-0.25, -0.2) is 0 Å². The number of methoxy groups -OCH3 is 1. The summed E-state index contributed by atoms with van der Waals surface area (Å²) >= 11 is 7.22. The molecule has 0 aliphatic heterocycles. The number of rotatable bonds is 6. The molecule has 0 aliphatic rings. The van der Waals surface area contributed by atoms with Crippen LogP contribution in [0.25, 0.3) is 5.69 Å². The topological polar surface area (TPSA) is 106 Å². The fraction of sp³-hybridized carbons (Fsp3) is 0.167. The predicted molar refractivity (Wildman–Crippen MR) is 106 cm³/mol. The van der Waals surface area contributed by atoms with E-state index in [1.165, 1.54) is 17.8 Å². The summed E-state index contributed by atoms with van der Waals surface area (Å²) in [5.41, 5.74) is 1.61. The van der Waals surface area contributed by atoms with Gasteiger partial charge in [0.2, 0.25) is 11.1 Å². The Morgan fingerprint density at radius 1 is 1.32 bits per heavy atom. The molecule has 8 nitrogen and oxygen atoms in total. The minimum Gasteiger partial charge on any atom is -0.497 e. The highest BCUT2D eigenvalue weighted by Crippen LogP contribution is 2.26. The SMILES string of the molecule is COc1ccc(-n2nnnc2S[C@@H](C)C(=O)Nc2ccc(C#N)c(Cl)c2)cc1. The number of ether oxygens (including phenoxy) is 1. The maximum Gasteiger partial charge on any atom is 0.237 e. The van der Waals surface area contributed by atoms with Gasteiger partial charge in [0.1, 0.15) is 11.8 Å². The van der Waals surface area contributed by atoms with Gasteiger partial charge in [-0.3, -0.25) is 4.79 Å². The molecule has 0 bridgehead atoms. The summed E-state index contributed by atoms with van der Waals surface area (Å²) in [7, 11) is 1.59. The van der Waals surface area contributed by atoms with Gasteiger partial charge >= 0.3 is 0 Å². The Bertz CT molecular complexity index is 1030. The van der Waals surface area contributed by atoms with Crippen LogP contribution in [0.5, 0.6) is 5.75 Å². The molecule has 1 aromatic heterocycles. The van der Waals surface area contributed by atoms with Crippen molar-refractivity contribution in [1.82, 2.24) is 20.2 Å². The molecule has 0 saturated heterocycles. The minimum atomic E-state index is -0.475. The number of anilines is 1. The van der Waals surface area contributed by atoms with E-state index < -0.39 is 5.25 Å². The van der Waals surface area contributed by atoms with Crippen LogP contribution in [-0.4, -0.2) is 38.5 Å². The van der Waals surface area contributed by atoms with Gasteiger partial charge in [0.25, 0.3) is 0 Å². The van der Waals surface area contributed by atoms with E-state index in [-0.39, 0.29) is 10.9 Å². The monoisotopic (exact) mass is 414 g/mol. The van der Waals surface area contributed by atoms with Crippen LogP contribution in [0.3, 0.4) is 0 Å². The first-order valence-electron chi connectivity index (χ1n) is 8.12. The number of nitriles is 1. The highest BCUT2D eigenvalue weighted by molar-refractivity contribution is 8.00. The smallest absolute Gasteiger partial charge is 0.237 e. The Hall–Kier alpha value is -3.09. The normalized spacial score (nSPS) is 11.5. The molecule has 10 heteroatoms. The molecule has 1 atom stereocenters. The lowest BCUT2D eigenvalue weighted by Crippen LogP contribution is -2.23. The highest BCUT2D eigenvalue weighted by Gasteiger charge is 2.19. The van der Waals surface area contributed by atoms with Gasteiger partial charge < -0.3 is 10.1 Å². The van der Waals surface area contributed by atoms with Crippen molar-refractivity contribution in [3.05, 3.63) is 53.1 Å². The van der Waals surface area contributed by atoms with Crippen molar-refractivity contribution in [3.63, 3.8) is 0 Å². The molecule has 0 aliphatic carbocycles. The molecule has 3 aromatic rings. The van der Waals surface area contributed by atoms with E-state index in [4.69, 9.17) is 21.6 Å². The Morgan fingerprint density at radius 2 is 2.07 bits per heavy atom. The molecule has 142 valence electrons. The van der Waals surface area contributed by atoms with E-state index in [2.05, 4.69) is 20.8 Å². The fourth-order valence-electron chi connectivity index (χ4n) is 2.28. The number of aromatic nitrogens is 4.